The van der Waals surface area contributed by atoms with E-state index in [4.69, 9.17) is 9.84 Å². The van der Waals surface area contributed by atoms with Crippen molar-refractivity contribution in [1.29, 1.82) is 0 Å². The van der Waals surface area contributed by atoms with Crippen LogP contribution in [0.3, 0.4) is 0 Å². The van der Waals surface area contributed by atoms with Gasteiger partial charge in [-0.2, -0.15) is 5.10 Å². The highest BCUT2D eigenvalue weighted by Gasteiger charge is 2.51. The van der Waals surface area contributed by atoms with Gasteiger partial charge in [-0.1, -0.05) is 40.5 Å². The first-order valence-electron chi connectivity index (χ1n) is 10.6. The first-order valence-corrected chi connectivity index (χ1v) is 11.4. The number of ether oxygens (including phenoxy) is 1. The average Bonchev–Trinajstić information content (AvgIpc) is 3.18. The van der Waals surface area contributed by atoms with Crippen LogP contribution in [0, 0.1) is 13.8 Å². The van der Waals surface area contributed by atoms with Crippen molar-refractivity contribution in [2.24, 2.45) is 5.10 Å². The first-order chi connectivity index (χ1) is 14.0. The Balaban J connectivity index is 1.59. The van der Waals surface area contributed by atoms with Crippen LogP contribution in [0.15, 0.2) is 46.0 Å². The number of aryl methyl sites for hydroxylation is 2. The second kappa shape index (κ2) is 7.13. The SMILES string of the molecule is CCN1CCC2(CC1)Oc1ccc(Br)cc1C1CC(c3cc(C)ccc3C)=NN12. The van der Waals surface area contributed by atoms with E-state index >= 15 is 0 Å². The second-order valence-electron chi connectivity index (χ2n) is 8.59. The van der Waals surface area contributed by atoms with Gasteiger partial charge in [0.25, 0.3) is 0 Å². The number of halogens is 1. The molecule has 5 rings (SSSR count). The normalized spacial score (nSPS) is 22.8. The van der Waals surface area contributed by atoms with Gasteiger partial charge in [0.2, 0.25) is 5.72 Å². The summed E-state index contributed by atoms with van der Waals surface area (Å²) < 4.78 is 7.83. The van der Waals surface area contributed by atoms with E-state index < -0.39 is 0 Å². The maximum atomic E-state index is 6.73. The van der Waals surface area contributed by atoms with Crippen LogP contribution in [0.4, 0.5) is 0 Å². The number of hydrogen-bond acceptors (Lipinski definition) is 4. The van der Waals surface area contributed by atoms with Crippen LogP contribution in [0.5, 0.6) is 5.75 Å². The van der Waals surface area contributed by atoms with Crippen LogP contribution in [0.2, 0.25) is 0 Å². The molecule has 1 saturated heterocycles. The van der Waals surface area contributed by atoms with Crippen molar-refractivity contribution in [1.82, 2.24) is 9.91 Å². The number of hydrogen-bond donors (Lipinski definition) is 0. The molecular weight excluding hydrogens is 426 g/mol. The molecule has 2 aromatic carbocycles. The molecule has 0 saturated carbocycles. The van der Waals surface area contributed by atoms with Gasteiger partial charge < -0.3 is 9.64 Å². The quantitative estimate of drug-likeness (QED) is 0.607. The molecular formula is C24H28BrN3O. The summed E-state index contributed by atoms with van der Waals surface area (Å²) in [4.78, 5) is 2.51. The largest absolute Gasteiger partial charge is 0.466 e. The molecule has 2 aromatic rings. The Labute approximate surface area is 181 Å². The highest BCUT2D eigenvalue weighted by molar-refractivity contribution is 9.10. The van der Waals surface area contributed by atoms with Crippen molar-refractivity contribution in [3.05, 3.63) is 63.1 Å². The molecule has 1 spiro atoms. The summed E-state index contributed by atoms with van der Waals surface area (Å²) in [6, 6.07) is 13.3. The van der Waals surface area contributed by atoms with E-state index in [0.29, 0.717) is 0 Å². The van der Waals surface area contributed by atoms with E-state index in [1.54, 1.807) is 0 Å². The molecule has 1 unspecified atom stereocenters. The zero-order valence-electron chi connectivity index (χ0n) is 17.4. The summed E-state index contributed by atoms with van der Waals surface area (Å²) in [6.07, 6.45) is 2.89. The third-order valence-corrected chi connectivity index (χ3v) is 7.24. The molecule has 0 amide bonds. The van der Waals surface area contributed by atoms with Gasteiger partial charge >= 0.3 is 0 Å². The zero-order valence-corrected chi connectivity index (χ0v) is 19.0. The molecule has 0 aromatic heterocycles. The summed E-state index contributed by atoms with van der Waals surface area (Å²) in [5.74, 6) is 1.02. The minimum atomic E-state index is -0.337. The number of benzene rings is 2. The van der Waals surface area contributed by atoms with Gasteiger partial charge in [-0.3, -0.25) is 0 Å². The molecule has 0 aliphatic carbocycles. The maximum absolute atomic E-state index is 6.73. The highest BCUT2D eigenvalue weighted by atomic mass is 79.9. The van der Waals surface area contributed by atoms with E-state index in [-0.39, 0.29) is 11.8 Å². The summed E-state index contributed by atoms with van der Waals surface area (Å²) in [5.41, 5.74) is 5.94. The molecule has 3 aliphatic rings. The fraction of sp³-hybridized carbons (Fsp3) is 0.458. The monoisotopic (exact) mass is 453 g/mol. The maximum Gasteiger partial charge on any atom is 0.200 e. The fourth-order valence-electron chi connectivity index (χ4n) is 5.01. The lowest BCUT2D eigenvalue weighted by Gasteiger charge is -2.51. The number of rotatable bonds is 2. The third-order valence-electron chi connectivity index (χ3n) is 6.75. The summed E-state index contributed by atoms with van der Waals surface area (Å²) in [6.45, 7) is 9.79. The smallest absolute Gasteiger partial charge is 0.200 e. The highest BCUT2D eigenvalue weighted by Crippen LogP contribution is 2.50. The standard InChI is InChI=1S/C24H28BrN3O/c1-4-27-11-9-24(10-12-27)28-22(20-14-18(25)7-8-23(20)29-24)15-21(26-28)19-13-16(2)5-6-17(19)3/h5-8,13-14,22H,4,9-12,15H2,1-3H3. The first kappa shape index (κ1) is 19.1. The molecule has 5 heteroatoms. The molecule has 3 aliphatic heterocycles. The number of fused-ring (bicyclic) bond motifs is 4. The Morgan fingerprint density at radius 2 is 1.93 bits per heavy atom. The molecule has 152 valence electrons. The number of piperidine rings is 1. The number of nitrogens with zero attached hydrogens (tertiary/aromatic N) is 3. The molecule has 4 nitrogen and oxygen atoms in total. The minimum absolute atomic E-state index is 0.235. The van der Waals surface area contributed by atoms with Crippen molar-refractivity contribution < 1.29 is 4.74 Å². The van der Waals surface area contributed by atoms with Crippen molar-refractivity contribution >= 4 is 21.6 Å². The van der Waals surface area contributed by atoms with Gasteiger partial charge in [0, 0.05) is 48.0 Å². The van der Waals surface area contributed by atoms with Gasteiger partial charge in [0.1, 0.15) is 5.75 Å². The Morgan fingerprint density at radius 3 is 2.69 bits per heavy atom. The zero-order chi connectivity index (χ0) is 20.2. The van der Waals surface area contributed by atoms with Gasteiger partial charge in [0.15, 0.2) is 0 Å². The van der Waals surface area contributed by atoms with Crippen molar-refractivity contribution in [2.75, 3.05) is 19.6 Å². The fourth-order valence-corrected chi connectivity index (χ4v) is 5.39. The topological polar surface area (TPSA) is 28.1 Å². The molecule has 3 heterocycles. The lowest BCUT2D eigenvalue weighted by Crippen LogP contribution is -2.59. The minimum Gasteiger partial charge on any atom is -0.466 e. The van der Waals surface area contributed by atoms with Crippen LogP contribution in [0.1, 0.15) is 54.5 Å². The summed E-state index contributed by atoms with van der Waals surface area (Å²) in [7, 11) is 0. The van der Waals surface area contributed by atoms with Crippen LogP contribution in [-0.4, -0.2) is 41.0 Å². The second-order valence-corrected chi connectivity index (χ2v) is 9.51. The molecule has 1 fully saturated rings. The summed E-state index contributed by atoms with van der Waals surface area (Å²) in [5, 5.41) is 7.54. The Hall–Kier alpha value is -1.85. The lowest BCUT2D eigenvalue weighted by molar-refractivity contribution is -0.149. The Kier molecular flexibility index (Phi) is 4.71. The molecule has 0 radical (unpaired) electrons. The van der Waals surface area contributed by atoms with Gasteiger partial charge in [0.05, 0.1) is 11.8 Å². The van der Waals surface area contributed by atoms with E-state index in [0.717, 1.165) is 49.1 Å². The predicted molar refractivity (Wildman–Crippen MR) is 120 cm³/mol. The van der Waals surface area contributed by atoms with Crippen LogP contribution >= 0.6 is 15.9 Å². The Bertz CT molecular complexity index is 978. The Morgan fingerprint density at radius 1 is 1.14 bits per heavy atom. The van der Waals surface area contributed by atoms with Crippen LogP contribution in [-0.2, 0) is 0 Å². The molecule has 1 atom stereocenters. The van der Waals surface area contributed by atoms with E-state index in [2.05, 4.69) is 83.0 Å². The lowest BCUT2D eigenvalue weighted by atomic mass is 9.90. The van der Waals surface area contributed by atoms with Gasteiger partial charge in [-0.05, 0) is 50.2 Å². The summed E-state index contributed by atoms with van der Waals surface area (Å²) >= 11 is 3.66. The van der Waals surface area contributed by atoms with Crippen LogP contribution in [0.25, 0.3) is 0 Å². The molecule has 29 heavy (non-hydrogen) atoms. The number of likely N-dealkylation sites (tertiary alicyclic amines) is 1. The van der Waals surface area contributed by atoms with Crippen molar-refractivity contribution in [3.8, 4) is 5.75 Å². The van der Waals surface area contributed by atoms with E-state index in [1.807, 2.05) is 0 Å². The van der Waals surface area contributed by atoms with Crippen molar-refractivity contribution in [3.63, 3.8) is 0 Å². The molecule has 0 N–H and O–H groups in total. The van der Waals surface area contributed by atoms with Crippen LogP contribution < -0.4 is 4.74 Å². The average molecular weight is 454 g/mol. The molecule has 0 bridgehead atoms. The van der Waals surface area contributed by atoms with E-state index in [1.165, 1.54) is 28.0 Å². The predicted octanol–water partition coefficient (Wildman–Crippen LogP) is 5.42. The van der Waals surface area contributed by atoms with Gasteiger partial charge in [-0.25, -0.2) is 5.01 Å². The van der Waals surface area contributed by atoms with Gasteiger partial charge in [-0.15, -0.1) is 0 Å². The van der Waals surface area contributed by atoms with Crippen molar-refractivity contribution in [2.45, 2.75) is 51.8 Å². The third kappa shape index (κ3) is 3.19. The van der Waals surface area contributed by atoms with E-state index in [9.17, 15) is 0 Å². The number of hydrazone groups is 1.